The van der Waals surface area contributed by atoms with Crippen LogP contribution in [0, 0.1) is 13.8 Å². The first-order valence-corrected chi connectivity index (χ1v) is 8.32. The highest BCUT2D eigenvalue weighted by Crippen LogP contribution is 2.23. The Morgan fingerprint density at radius 2 is 2.13 bits per heavy atom. The van der Waals surface area contributed by atoms with Crippen molar-refractivity contribution in [3.8, 4) is 5.69 Å². The fraction of sp³-hybridized carbons (Fsp3) is 0.353. The van der Waals surface area contributed by atoms with Crippen molar-refractivity contribution in [3.63, 3.8) is 0 Å². The fourth-order valence-electron chi connectivity index (χ4n) is 3.05. The molecule has 4 nitrogen and oxygen atoms in total. The van der Waals surface area contributed by atoms with Crippen LogP contribution in [0.3, 0.4) is 0 Å². The molecule has 1 unspecified atom stereocenters. The topological polar surface area (TPSA) is 46.1 Å². The molecule has 0 aliphatic carbocycles. The first-order valence-electron chi connectivity index (χ1n) is 7.52. The molecule has 2 heterocycles. The number of rotatable bonds is 3. The zero-order chi connectivity index (χ0) is 15.7. The summed E-state index contributed by atoms with van der Waals surface area (Å²) in [6, 6.07) is 10.3. The number of aryl methyl sites for hydroxylation is 1. The first-order chi connectivity index (χ1) is 10.6. The van der Waals surface area contributed by atoms with E-state index in [1.807, 2.05) is 38.1 Å². The summed E-state index contributed by atoms with van der Waals surface area (Å²) < 4.78 is 3.15. The molecule has 0 bridgehead atoms. The van der Waals surface area contributed by atoms with Crippen molar-refractivity contribution in [1.29, 1.82) is 0 Å². The minimum absolute atomic E-state index is 0. The lowest BCUT2D eigenvalue weighted by Gasteiger charge is -2.12. The van der Waals surface area contributed by atoms with E-state index < -0.39 is 0 Å². The molecule has 23 heavy (non-hydrogen) atoms. The van der Waals surface area contributed by atoms with E-state index in [0.29, 0.717) is 0 Å². The van der Waals surface area contributed by atoms with Crippen molar-refractivity contribution in [1.82, 2.24) is 15.2 Å². The van der Waals surface area contributed by atoms with Gasteiger partial charge in [0.2, 0.25) is 0 Å². The summed E-state index contributed by atoms with van der Waals surface area (Å²) in [5, 5.41) is 6.38. The Labute approximate surface area is 151 Å². The number of nitrogens with zero attached hydrogens (tertiary/aromatic N) is 1. The molecule has 1 aliphatic rings. The lowest BCUT2D eigenvalue weighted by atomic mass is 10.2. The average molecular weight is 399 g/mol. The maximum Gasteiger partial charge on any atom is 0.253 e. The number of nitrogens with one attached hydrogen (secondary N) is 2. The van der Waals surface area contributed by atoms with Gasteiger partial charge in [0, 0.05) is 34.1 Å². The van der Waals surface area contributed by atoms with Crippen LogP contribution in [0.25, 0.3) is 5.69 Å². The monoisotopic (exact) mass is 397 g/mol. The van der Waals surface area contributed by atoms with Crippen LogP contribution in [0.4, 0.5) is 0 Å². The molecule has 1 saturated heterocycles. The molecule has 2 aromatic rings. The van der Waals surface area contributed by atoms with Crippen LogP contribution in [0.15, 0.2) is 34.8 Å². The third-order valence-corrected chi connectivity index (χ3v) is 4.63. The smallest absolute Gasteiger partial charge is 0.253 e. The highest BCUT2D eigenvalue weighted by atomic mass is 79.9. The van der Waals surface area contributed by atoms with Gasteiger partial charge in [-0.1, -0.05) is 22.0 Å². The summed E-state index contributed by atoms with van der Waals surface area (Å²) in [5.41, 5.74) is 3.85. The van der Waals surface area contributed by atoms with Gasteiger partial charge in [0.1, 0.15) is 0 Å². The molecule has 1 atom stereocenters. The number of aromatic nitrogens is 1. The highest BCUT2D eigenvalue weighted by molar-refractivity contribution is 9.10. The van der Waals surface area contributed by atoms with Gasteiger partial charge in [-0.2, -0.15) is 0 Å². The lowest BCUT2D eigenvalue weighted by Crippen LogP contribution is -2.36. The molecule has 124 valence electrons. The van der Waals surface area contributed by atoms with Crippen molar-refractivity contribution in [3.05, 3.63) is 51.8 Å². The number of amides is 1. The van der Waals surface area contributed by atoms with E-state index in [-0.39, 0.29) is 24.4 Å². The number of carbonyl (C=O) groups is 1. The Kier molecular flexibility index (Phi) is 5.89. The number of hydrogen-bond acceptors (Lipinski definition) is 2. The molecule has 1 aromatic heterocycles. The maximum absolute atomic E-state index is 12.5. The van der Waals surface area contributed by atoms with Crippen molar-refractivity contribution < 1.29 is 4.79 Å². The Morgan fingerprint density at radius 3 is 2.78 bits per heavy atom. The van der Waals surface area contributed by atoms with Gasteiger partial charge < -0.3 is 15.2 Å². The Bertz CT molecular complexity index is 708. The van der Waals surface area contributed by atoms with Gasteiger partial charge >= 0.3 is 0 Å². The molecular weight excluding hydrogens is 378 g/mol. The lowest BCUT2D eigenvalue weighted by molar-refractivity contribution is 0.0939. The summed E-state index contributed by atoms with van der Waals surface area (Å²) in [6.07, 6.45) is 0.996. The molecular formula is C17H21BrClN3O. The molecule has 1 amide bonds. The average Bonchev–Trinajstić information content (AvgIpc) is 3.07. The molecule has 1 fully saturated rings. The number of hydrogen-bond donors (Lipinski definition) is 2. The number of benzene rings is 1. The van der Waals surface area contributed by atoms with E-state index in [9.17, 15) is 4.79 Å². The summed E-state index contributed by atoms with van der Waals surface area (Å²) in [4.78, 5) is 12.5. The van der Waals surface area contributed by atoms with Gasteiger partial charge in [0.25, 0.3) is 5.91 Å². The molecule has 0 spiro atoms. The Hall–Kier alpha value is -1.30. The van der Waals surface area contributed by atoms with E-state index in [2.05, 4.69) is 37.2 Å². The molecule has 6 heteroatoms. The number of carbonyl (C=O) groups excluding carboxylic acids is 1. The van der Waals surface area contributed by atoms with Gasteiger partial charge in [0.15, 0.2) is 0 Å². The normalized spacial score (nSPS) is 16.9. The predicted octanol–water partition coefficient (Wildman–Crippen LogP) is 3.37. The Balaban J connectivity index is 0.00000192. The fourth-order valence-corrected chi connectivity index (χ4v) is 3.43. The van der Waals surface area contributed by atoms with Crippen molar-refractivity contribution in [2.24, 2.45) is 0 Å². The van der Waals surface area contributed by atoms with Crippen LogP contribution in [0.5, 0.6) is 0 Å². The second-order valence-electron chi connectivity index (χ2n) is 5.76. The SMILES string of the molecule is Cc1cc(C(=O)NC2CCNC2)c(C)n1-c1cccc(Br)c1.Cl. The van der Waals surface area contributed by atoms with E-state index in [0.717, 1.165) is 46.6 Å². The van der Waals surface area contributed by atoms with Crippen LogP contribution in [-0.2, 0) is 0 Å². The summed E-state index contributed by atoms with van der Waals surface area (Å²) in [5.74, 6) is 0.0167. The third-order valence-electron chi connectivity index (χ3n) is 4.14. The zero-order valence-electron chi connectivity index (χ0n) is 13.2. The summed E-state index contributed by atoms with van der Waals surface area (Å²) in [7, 11) is 0. The second-order valence-corrected chi connectivity index (χ2v) is 6.68. The van der Waals surface area contributed by atoms with Crippen LogP contribution in [-0.4, -0.2) is 29.6 Å². The summed E-state index contributed by atoms with van der Waals surface area (Å²) in [6.45, 7) is 5.86. The standard InChI is InChI=1S/C17H20BrN3O.ClH/c1-11-8-16(17(22)20-14-6-7-19-10-14)12(2)21(11)15-5-3-4-13(18)9-15;/h3-5,8-9,14,19H,6-7,10H2,1-2H3,(H,20,22);1H. The van der Waals surface area contributed by atoms with E-state index in [1.165, 1.54) is 0 Å². The molecule has 2 N–H and O–H groups in total. The van der Waals surface area contributed by atoms with Crippen LogP contribution in [0.2, 0.25) is 0 Å². The molecule has 0 saturated carbocycles. The van der Waals surface area contributed by atoms with Crippen LogP contribution < -0.4 is 10.6 Å². The van der Waals surface area contributed by atoms with Crippen LogP contribution in [0.1, 0.15) is 28.2 Å². The molecule has 1 aromatic carbocycles. The molecule has 1 aliphatic heterocycles. The van der Waals surface area contributed by atoms with Gasteiger partial charge in [-0.15, -0.1) is 12.4 Å². The maximum atomic E-state index is 12.5. The van der Waals surface area contributed by atoms with Crippen molar-refractivity contribution >= 4 is 34.2 Å². The van der Waals surface area contributed by atoms with E-state index >= 15 is 0 Å². The van der Waals surface area contributed by atoms with Crippen molar-refractivity contribution in [2.75, 3.05) is 13.1 Å². The molecule has 0 radical (unpaired) electrons. The van der Waals surface area contributed by atoms with E-state index in [1.54, 1.807) is 0 Å². The minimum atomic E-state index is 0. The predicted molar refractivity (Wildman–Crippen MR) is 98.9 cm³/mol. The van der Waals surface area contributed by atoms with Gasteiger partial charge in [-0.05, 0) is 51.1 Å². The van der Waals surface area contributed by atoms with Gasteiger partial charge in [-0.3, -0.25) is 4.79 Å². The number of halogens is 2. The Morgan fingerprint density at radius 1 is 1.35 bits per heavy atom. The third kappa shape index (κ3) is 3.79. The van der Waals surface area contributed by atoms with Crippen LogP contribution >= 0.6 is 28.3 Å². The van der Waals surface area contributed by atoms with Gasteiger partial charge in [-0.25, -0.2) is 0 Å². The minimum Gasteiger partial charge on any atom is -0.348 e. The first kappa shape index (κ1) is 18.0. The second kappa shape index (κ2) is 7.51. The highest BCUT2D eigenvalue weighted by Gasteiger charge is 2.21. The molecule has 3 rings (SSSR count). The van der Waals surface area contributed by atoms with E-state index in [4.69, 9.17) is 0 Å². The zero-order valence-corrected chi connectivity index (χ0v) is 15.6. The largest absolute Gasteiger partial charge is 0.348 e. The van der Waals surface area contributed by atoms with Gasteiger partial charge in [0.05, 0.1) is 5.56 Å². The quantitative estimate of drug-likeness (QED) is 0.832. The summed E-state index contributed by atoms with van der Waals surface area (Å²) >= 11 is 3.50. The van der Waals surface area contributed by atoms with Crippen molar-refractivity contribution in [2.45, 2.75) is 26.3 Å².